The zero-order chi connectivity index (χ0) is 25.1. The number of ether oxygens (including phenoxy) is 1. The minimum Gasteiger partial charge on any atom is -0.493 e. The quantitative estimate of drug-likeness (QED) is 0.615. The van der Waals surface area contributed by atoms with Gasteiger partial charge in [0.1, 0.15) is 5.75 Å². The summed E-state index contributed by atoms with van der Waals surface area (Å²) in [5, 5.41) is 13.8. The van der Waals surface area contributed by atoms with Gasteiger partial charge in [-0.05, 0) is 67.7 Å². The molecule has 8 heteroatoms. The highest BCUT2D eigenvalue weighted by Gasteiger charge is 2.31. The topological polar surface area (TPSA) is 91.9 Å². The van der Waals surface area contributed by atoms with E-state index in [-0.39, 0.29) is 23.8 Å². The molecule has 2 saturated heterocycles. The minimum absolute atomic E-state index is 0.0464. The number of piperidine rings is 1. The first kappa shape index (κ1) is 24.8. The van der Waals surface area contributed by atoms with Gasteiger partial charge in [-0.2, -0.15) is 4.98 Å². The molecule has 3 aliphatic rings. The monoisotopic (exact) mass is 494 g/mol. The average Bonchev–Trinajstić information content (AvgIpc) is 3.58. The Balaban J connectivity index is 1.06. The van der Waals surface area contributed by atoms with Crippen molar-refractivity contribution in [2.75, 3.05) is 37.7 Å². The highest BCUT2D eigenvalue weighted by atomic mass is 16.5. The first-order valence-electron chi connectivity index (χ1n) is 13.4. The number of allylic oxidation sites excluding steroid dienone is 2. The van der Waals surface area contributed by atoms with E-state index >= 15 is 0 Å². The molecule has 0 spiro atoms. The third-order valence-corrected chi connectivity index (χ3v) is 7.78. The number of carbonyl (C=O) groups excluding carboxylic acids is 1. The number of nitrogens with zero attached hydrogens (tertiary/aromatic N) is 4. The predicted molar refractivity (Wildman–Crippen MR) is 138 cm³/mol. The molecule has 2 aliphatic heterocycles. The lowest BCUT2D eigenvalue weighted by Crippen LogP contribution is -2.35. The van der Waals surface area contributed by atoms with Crippen molar-refractivity contribution in [1.82, 2.24) is 15.0 Å². The molecular formula is C28H38N4O4. The Morgan fingerprint density at radius 2 is 1.92 bits per heavy atom. The molecule has 1 amide bonds. The maximum Gasteiger partial charge on any atom is 0.324 e. The van der Waals surface area contributed by atoms with E-state index < -0.39 is 0 Å². The van der Waals surface area contributed by atoms with Crippen LogP contribution >= 0.6 is 0 Å². The van der Waals surface area contributed by atoms with E-state index in [4.69, 9.17) is 9.26 Å². The number of aromatic nitrogens is 2. The molecule has 194 valence electrons. The van der Waals surface area contributed by atoms with Crippen LogP contribution in [-0.4, -0.2) is 64.9 Å². The molecule has 3 heterocycles. The van der Waals surface area contributed by atoms with Gasteiger partial charge in [0.05, 0.1) is 12.7 Å². The number of carbonyl (C=O) groups is 1. The Kier molecular flexibility index (Phi) is 7.60. The number of hydrogen-bond acceptors (Lipinski definition) is 7. The number of anilines is 1. The summed E-state index contributed by atoms with van der Waals surface area (Å²) in [6.07, 6.45) is 7.21. The number of rotatable bonds is 7. The van der Waals surface area contributed by atoms with Crippen LogP contribution in [0, 0.1) is 11.8 Å². The molecule has 0 saturated carbocycles. The van der Waals surface area contributed by atoms with Crippen LogP contribution in [0.25, 0.3) is 5.57 Å². The Bertz CT molecular complexity index is 1060. The van der Waals surface area contributed by atoms with E-state index in [1.54, 1.807) is 0 Å². The average molecular weight is 495 g/mol. The zero-order valence-electron chi connectivity index (χ0n) is 21.4. The fraction of sp³-hybridized carbons (Fsp3) is 0.607. The molecule has 0 radical (unpaired) electrons. The van der Waals surface area contributed by atoms with Gasteiger partial charge in [0.25, 0.3) is 0 Å². The summed E-state index contributed by atoms with van der Waals surface area (Å²) in [7, 11) is 0. The van der Waals surface area contributed by atoms with Crippen LogP contribution in [-0.2, 0) is 4.79 Å². The SMILES string of the molecule is CC(C)c1noc(N2CCC(COc3ccc(C4=CCC(C(=O)N5CC[C@@H](O)C5)CC4)cc3)CC2)n1. The Labute approximate surface area is 213 Å². The maximum atomic E-state index is 12.7. The van der Waals surface area contributed by atoms with Gasteiger partial charge >= 0.3 is 6.01 Å². The number of hydrogen-bond donors (Lipinski definition) is 1. The maximum absolute atomic E-state index is 12.7. The second kappa shape index (κ2) is 11.0. The standard InChI is InChI=1S/C28H38N4O4/c1-19(2)26-29-28(36-30-26)31-14-11-20(12-15-31)18-35-25-9-7-22(8-10-25)21-3-5-23(6-4-21)27(34)32-16-13-24(33)17-32/h3,7-10,19-20,23-24,33H,4-6,11-18H2,1-2H3/t23?,24-/m1/s1. The summed E-state index contributed by atoms with van der Waals surface area (Å²) in [6.45, 7) is 7.84. The Morgan fingerprint density at radius 1 is 1.14 bits per heavy atom. The number of amides is 1. The third kappa shape index (κ3) is 5.75. The van der Waals surface area contributed by atoms with E-state index in [0.717, 1.165) is 56.8 Å². The molecule has 36 heavy (non-hydrogen) atoms. The Hall–Kier alpha value is -2.87. The molecule has 1 aliphatic carbocycles. The van der Waals surface area contributed by atoms with Gasteiger partial charge in [0, 0.05) is 38.0 Å². The molecular weight excluding hydrogens is 456 g/mol. The van der Waals surface area contributed by atoms with E-state index in [9.17, 15) is 9.90 Å². The highest BCUT2D eigenvalue weighted by molar-refractivity contribution is 5.81. The van der Waals surface area contributed by atoms with Crippen LogP contribution in [0.4, 0.5) is 6.01 Å². The number of aliphatic hydroxyl groups is 1. The zero-order valence-corrected chi connectivity index (χ0v) is 21.4. The second-order valence-corrected chi connectivity index (χ2v) is 10.8. The summed E-state index contributed by atoms with van der Waals surface area (Å²) in [5.41, 5.74) is 2.51. The van der Waals surface area contributed by atoms with Gasteiger partial charge in [0.2, 0.25) is 5.91 Å². The van der Waals surface area contributed by atoms with Gasteiger partial charge in [0.15, 0.2) is 5.82 Å². The molecule has 8 nitrogen and oxygen atoms in total. The number of benzene rings is 1. The van der Waals surface area contributed by atoms with Crippen molar-refractivity contribution in [2.24, 2.45) is 11.8 Å². The van der Waals surface area contributed by atoms with Crippen molar-refractivity contribution in [3.63, 3.8) is 0 Å². The number of aliphatic hydroxyl groups excluding tert-OH is 1. The number of β-amino-alcohol motifs (C(OH)–C–C–N with tert-alkyl or cyclic N) is 1. The van der Waals surface area contributed by atoms with E-state index in [2.05, 4.69) is 59.2 Å². The fourth-order valence-corrected chi connectivity index (χ4v) is 5.38. The van der Waals surface area contributed by atoms with Crippen molar-refractivity contribution in [1.29, 1.82) is 0 Å². The molecule has 2 fully saturated rings. The molecule has 5 rings (SSSR count). The number of likely N-dealkylation sites (tertiary alicyclic amines) is 1. The van der Waals surface area contributed by atoms with Crippen molar-refractivity contribution in [2.45, 2.75) is 64.4 Å². The lowest BCUT2D eigenvalue weighted by atomic mass is 9.86. The minimum atomic E-state index is -0.355. The summed E-state index contributed by atoms with van der Waals surface area (Å²) in [4.78, 5) is 21.2. The van der Waals surface area contributed by atoms with Gasteiger partial charge in [-0.1, -0.05) is 37.2 Å². The van der Waals surface area contributed by atoms with E-state index in [0.29, 0.717) is 38.0 Å². The molecule has 1 aromatic carbocycles. The van der Waals surface area contributed by atoms with Gasteiger partial charge < -0.3 is 24.2 Å². The summed E-state index contributed by atoms with van der Waals surface area (Å²) >= 11 is 0. The smallest absolute Gasteiger partial charge is 0.324 e. The van der Waals surface area contributed by atoms with Gasteiger partial charge in [-0.25, -0.2) is 0 Å². The largest absolute Gasteiger partial charge is 0.493 e. The van der Waals surface area contributed by atoms with Gasteiger partial charge in [-0.3, -0.25) is 4.79 Å². The molecule has 1 unspecified atom stereocenters. The van der Waals surface area contributed by atoms with Crippen LogP contribution in [0.15, 0.2) is 34.9 Å². The molecule has 2 atom stereocenters. The molecule has 2 aromatic rings. The first-order chi connectivity index (χ1) is 17.5. The molecule has 0 bridgehead atoms. The van der Waals surface area contributed by atoms with Crippen LogP contribution in [0.5, 0.6) is 5.75 Å². The van der Waals surface area contributed by atoms with E-state index in [1.165, 1.54) is 11.1 Å². The summed E-state index contributed by atoms with van der Waals surface area (Å²) in [5.74, 6) is 2.70. The van der Waals surface area contributed by atoms with E-state index in [1.807, 2.05) is 4.90 Å². The van der Waals surface area contributed by atoms with Crippen LogP contribution < -0.4 is 9.64 Å². The summed E-state index contributed by atoms with van der Waals surface area (Å²) in [6, 6.07) is 9.01. The third-order valence-electron chi connectivity index (χ3n) is 7.78. The Morgan fingerprint density at radius 3 is 2.53 bits per heavy atom. The van der Waals surface area contributed by atoms with Crippen molar-refractivity contribution < 1.29 is 19.2 Å². The summed E-state index contributed by atoms with van der Waals surface area (Å²) < 4.78 is 11.6. The van der Waals surface area contributed by atoms with Gasteiger partial charge in [-0.15, -0.1) is 0 Å². The van der Waals surface area contributed by atoms with Crippen LogP contribution in [0.1, 0.15) is 69.7 Å². The van der Waals surface area contributed by atoms with Crippen LogP contribution in [0.3, 0.4) is 0 Å². The fourth-order valence-electron chi connectivity index (χ4n) is 5.38. The lowest BCUT2D eigenvalue weighted by molar-refractivity contribution is -0.135. The van der Waals surface area contributed by atoms with Crippen molar-refractivity contribution >= 4 is 17.5 Å². The highest BCUT2D eigenvalue weighted by Crippen LogP contribution is 2.33. The lowest BCUT2D eigenvalue weighted by Gasteiger charge is -2.30. The van der Waals surface area contributed by atoms with Crippen LogP contribution in [0.2, 0.25) is 0 Å². The predicted octanol–water partition coefficient (Wildman–Crippen LogP) is 4.27. The van der Waals surface area contributed by atoms with Crippen molar-refractivity contribution in [3.05, 3.63) is 41.7 Å². The second-order valence-electron chi connectivity index (χ2n) is 10.8. The first-order valence-corrected chi connectivity index (χ1v) is 13.4. The molecule has 1 N–H and O–H groups in total. The van der Waals surface area contributed by atoms with Crippen molar-refractivity contribution in [3.8, 4) is 5.75 Å². The normalized spacial score (nSPS) is 23.3. The molecule has 1 aromatic heterocycles.